The number of aliphatic carboxylic acids is 1. The number of imide groups is 1. The van der Waals surface area contributed by atoms with Crippen LogP contribution in [0.25, 0.3) is 0 Å². The van der Waals surface area contributed by atoms with Crippen molar-refractivity contribution < 1.29 is 29.3 Å². The van der Waals surface area contributed by atoms with E-state index in [-0.39, 0.29) is 4.90 Å². The molecule has 2 amide bonds. The Morgan fingerprint density at radius 1 is 1.19 bits per heavy atom. The van der Waals surface area contributed by atoms with Crippen molar-refractivity contribution in [2.75, 3.05) is 0 Å². The molecule has 0 aliphatic rings. The lowest BCUT2D eigenvalue weighted by molar-refractivity contribution is -0.141. The predicted molar refractivity (Wildman–Crippen MR) is 53.2 cm³/mol. The van der Waals surface area contributed by atoms with E-state index in [2.05, 4.69) is 0 Å². The van der Waals surface area contributed by atoms with E-state index in [9.17, 15) is 14.4 Å². The highest BCUT2D eigenvalue weighted by atomic mass is 16.6. The van der Waals surface area contributed by atoms with Gasteiger partial charge in [0, 0.05) is 0 Å². The summed E-state index contributed by atoms with van der Waals surface area (Å²) >= 11 is 0. The monoisotopic (exact) mass is 233 g/mol. The fraction of sp³-hybridized carbons (Fsp3) is 0.667. The summed E-state index contributed by atoms with van der Waals surface area (Å²) in [5.41, 5.74) is -0.886. The number of carboxylic acids is 1. The van der Waals surface area contributed by atoms with E-state index in [0.29, 0.717) is 0 Å². The zero-order valence-corrected chi connectivity index (χ0v) is 9.55. The zero-order chi connectivity index (χ0) is 13.1. The zero-order valence-electron chi connectivity index (χ0n) is 9.55. The van der Waals surface area contributed by atoms with Gasteiger partial charge < -0.3 is 14.9 Å². The Balaban J connectivity index is 4.88. The average molecular weight is 233 g/mol. The van der Waals surface area contributed by atoms with Gasteiger partial charge in [-0.2, -0.15) is 4.90 Å². The molecule has 0 rings (SSSR count). The third-order valence-corrected chi connectivity index (χ3v) is 1.54. The van der Waals surface area contributed by atoms with Gasteiger partial charge in [0.05, 0.1) is 0 Å². The first-order chi connectivity index (χ1) is 7.06. The summed E-state index contributed by atoms with van der Waals surface area (Å²) in [5, 5.41) is 17.4. The van der Waals surface area contributed by atoms with E-state index in [1.807, 2.05) is 0 Å². The smallest absolute Gasteiger partial charge is 0.420 e. The SMILES string of the molecule is C[C@@H](C(=O)O)N(C(=O)O)C(=O)OC(C)(C)C. The first-order valence-electron chi connectivity index (χ1n) is 4.54. The first-order valence-corrected chi connectivity index (χ1v) is 4.54. The van der Waals surface area contributed by atoms with Crippen LogP contribution in [0.4, 0.5) is 9.59 Å². The Morgan fingerprint density at radius 3 is 1.88 bits per heavy atom. The molecule has 0 radical (unpaired) electrons. The number of hydrogen-bond acceptors (Lipinski definition) is 4. The molecule has 2 N–H and O–H groups in total. The summed E-state index contributed by atoms with van der Waals surface area (Å²) in [4.78, 5) is 32.9. The fourth-order valence-electron chi connectivity index (χ4n) is 0.823. The summed E-state index contributed by atoms with van der Waals surface area (Å²) in [7, 11) is 0. The Labute approximate surface area is 92.6 Å². The minimum atomic E-state index is -1.66. The lowest BCUT2D eigenvalue weighted by Crippen LogP contribution is -2.48. The van der Waals surface area contributed by atoms with Crippen LogP contribution in [0.3, 0.4) is 0 Å². The van der Waals surface area contributed by atoms with E-state index >= 15 is 0 Å². The van der Waals surface area contributed by atoms with Crippen LogP contribution in [0, 0.1) is 0 Å². The van der Waals surface area contributed by atoms with E-state index in [1.165, 1.54) is 0 Å². The van der Waals surface area contributed by atoms with Gasteiger partial charge in [-0.25, -0.2) is 14.4 Å². The number of amides is 2. The maximum Gasteiger partial charge on any atom is 0.420 e. The molecule has 0 aromatic heterocycles. The molecule has 0 fully saturated rings. The van der Waals surface area contributed by atoms with Gasteiger partial charge in [-0.3, -0.25) is 0 Å². The Hall–Kier alpha value is -1.79. The summed E-state index contributed by atoms with van der Waals surface area (Å²) < 4.78 is 4.78. The fourth-order valence-corrected chi connectivity index (χ4v) is 0.823. The van der Waals surface area contributed by atoms with Gasteiger partial charge in [0.1, 0.15) is 11.6 Å². The summed E-state index contributed by atoms with van der Waals surface area (Å²) in [6, 6.07) is -1.49. The van der Waals surface area contributed by atoms with Crippen LogP contribution < -0.4 is 0 Å². The minimum Gasteiger partial charge on any atom is -0.480 e. The van der Waals surface area contributed by atoms with E-state index < -0.39 is 29.8 Å². The molecule has 0 aromatic carbocycles. The van der Waals surface area contributed by atoms with Crippen molar-refractivity contribution in [2.24, 2.45) is 0 Å². The molecule has 92 valence electrons. The Kier molecular flexibility index (Phi) is 4.28. The van der Waals surface area contributed by atoms with Crippen LogP contribution >= 0.6 is 0 Å². The van der Waals surface area contributed by atoms with Crippen molar-refractivity contribution in [1.29, 1.82) is 0 Å². The van der Waals surface area contributed by atoms with Crippen LogP contribution in [-0.2, 0) is 9.53 Å². The maximum absolute atomic E-state index is 11.4. The summed E-state index contributed by atoms with van der Waals surface area (Å²) in [6.07, 6.45) is -2.86. The predicted octanol–water partition coefficient (Wildman–Crippen LogP) is 1.37. The van der Waals surface area contributed by atoms with Crippen LogP contribution in [0.15, 0.2) is 0 Å². The van der Waals surface area contributed by atoms with Crippen molar-refractivity contribution in [3.63, 3.8) is 0 Å². The highest BCUT2D eigenvalue weighted by Gasteiger charge is 2.34. The van der Waals surface area contributed by atoms with E-state index in [1.54, 1.807) is 20.8 Å². The highest BCUT2D eigenvalue weighted by molar-refractivity contribution is 5.92. The second kappa shape index (κ2) is 4.82. The third-order valence-electron chi connectivity index (χ3n) is 1.54. The van der Waals surface area contributed by atoms with Gasteiger partial charge in [-0.15, -0.1) is 0 Å². The molecule has 0 saturated carbocycles. The first kappa shape index (κ1) is 14.2. The number of nitrogens with zero attached hydrogens (tertiary/aromatic N) is 1. The lowest BCUT2D eigenvalue weighted by Gasteiger charge is -2.26. The number of rotatable bonds is 2. The van der Waals surface area contributed by atoms with Crippen molar-refractivity contribution >= 4 is 18.2 Å². The molecule has 0 bridgehead atoms. The molecule has 1 atom stereocenters. The number of carbonyl (C=O) groups excluding carboxylic acids is 1. The minimum absolute atomic E-state index is 0.133. The molecule has 0 aromatic rings. The molecular weight excluding hydrogens is 218 g/mol. The number of hydrogen-bond donors (Lipinski definition) is 2. The second-order valence-electron chi connectivity index (χ2n) is 4.15. The molecule has 0 aliphatic carbocycles. The van der Waals surface area contributed by atoms with Crippen LogP contribution in [0.1, 0.15) is 27.7 Å². The molecule has 0 heterocycles. The van der Waals surface area contributed by atoms with E-state index in [0.717, 1.165) is 6.92 Å². The third kappa shape index (κ3) is 4.16. The number of ether oxygens (including phenoxy) is 1. The van der Waals surface area contributed by atoms with Gasteiger partial charge in [0.25, 0.3) is 0 Å². The van der Waals surface area contributed by atoms with Gasteiger partial charge in [0.15, 0.2) is 0 Å². The van der Waals surface area contributed by atoms with Crippen LogP contribution in [-0.4, -0.2) is 44.9 Å². The van der Waals surface area contributed by atoms with Crippen LogP contribution in [0.5, 0.6) is 0 Å². The molecule has 0 spiro atoms. The van der Waals surface area contributed by atoms with Crippen molar-refractivity contribution in [2.45, 2.75) is 39.3 Å². The second-order valence-corrected chi connectivity index (χ2v) is 4.15. The van der Waals surface area contributed by atoms with Crippen LogP contribution in [0.2, 0.25) is 0 Å². The van der Waals surface area contributed by atoms with Crippen molar-refractivity contribution in [3.8, 4) is 0 Å². The van der Waals surface area contributed by atoms with Gasteiger partial charge in [-0.05, 0) is 27.7 Å². The molecule has 0 saturated heterocycles. The quantitative estimate of drug-likeness (QED) is 0.746. The van der Waals surface area contributed by atoms with Crippen molar-refractivity contribution in [1.82, 2.24) is 4.90 Å². The summed E-state index contributed by atoms with van der Waals surface area (Å²) in [6.45, 7) is 5.74. The largest absolute Gasteiger partial charge is 0.480 e. The topological polar surface area (TPSA) is 104 Å². The van der Waals surface area contributed by atoms with Gasteiger partial charge in [-0.1, -0.05) is 0 Å². The number of carboxylic acid groups (broad SMARTS) is 2. The van der Waals surface area contributed by atoms with Gasteiger partial charge in [0.2, 0.25) is 0 Å². The molecule has 7 heteroatoms. The molecule has 0 aliphatic heterocycles. The van der Waals surface area contributed by atoms with E-state index in [4.69, 9.17) is 14.9 Å². The Morgan fingerprint density at radius 2 is 1.62 bits per heavy atom. The average Bonchev–Trinajstić information content (AvgIpc) is 1.99. The van der Waals surface area contributed by atoms with Crippen molar-refractivity contribution in [3.05, 3.63) is 0 Å². The molecule has 0 unspecified atom stereocenters. The highest BCUT2D eigenvalue weighted by Crippen LogP contribution is 2.12. The Bertz CT molecular complexity index is 306. The van der Waals surface area contributed by atoms with Gasteiger partial charge >= 0.3 is 18.2 Å². The maximum atomic E-state index is 11.4. The molecular formula is C9H15NO6. The summed E-state index contributed by atoms with van der Waals surface area (Å²) in [5.74, 6) is -1.42. The standard InChI is InChI=1S/C9H15NO6/c1-5(6(11)12)10(7(13)14)8(15)16-9(2,3)4/h5H,1-4H3,(H,11,12)(H,13,14)/t5-/m0/s1. The number of carbonyl (C=O) groups is 3. The molecule has 7 nitrogen and oxygen atoms in total. The lowest BCUT2D eigenvalue weighted by atomic mass is 10.2. The molecule has 16 heavy (non-hydrogen) atoms. The normalized spacial score (nSPS) is 12.8.